The number of thiophene rings is 4. The maximum atomic E-state index is 15.9. The Labute approximate surface area is 496 Å². The van der Waals surface area contributed by atoms with Gasteiger partial charge in [-0.2, -0.15) is 0 Å². The number of unbranched alkanes of at least 4 members (excludes halogenated alkanes) is 32. The highest BCUT2D eigenvalue weighted by Gasteiger charge is 2.50. The third-order valence-corrected chi connectivity index (χ3v) is 22.4. The van der Waals surface area contributed by atoms with E-state index in [1.54, 1.807) is 45.3 Å². The van der Waals surface area contributed by atoms with Gasteiger partial charge in [-0.1, -0.05) is 259 Å². The molecule has 0 fully saturated rings. The molecule has 2 unspecified atom stereocenters. The maximum Gasteiger partial charge on any atom is 0.261 e. The number of nitrogens with zero attached hydrogens (tertiary/aromatic N) is 2. The Morgan fingerprint density at radius 2 is 0.579 bits per heavy atom. The van der Waals surface area contributed by atoms with Crippen LogP contribution < -0.4 is 0 Å². The lowest BCUT2D eigenvalue weighted by molar-refractivity contribution is -0.124. The van der Waals surface area contributed by atoms with E-state index in [4.69, 9.17) is 0 Å². The molecule has 0 saturated carbocycles. The number of hydrogen-bond acceptors (Lipinski definition) is 6. The normalized spacial score (nSPS) is 14.9. The van der Waals surface area contributed by atoms with Gasteiger partial charge < -0.3 is 9.80 Å². The Morgan fingerprint density at radius 3 is 0.829 bits per heavy atom. The molecule has 4 nitrogen and oxygen atoms in total. The second-order valence-corrected chi connectivity index (χ2v) is 30.4. The van der Waals surface area contributed by atoms with Crippen LogP contribution in [-0.2, 0) is 9.59 Å². The van der Waals surface area contributed by atoms with Gasteiger partial charge in [-0.15, -0.1) is 45.3 Å². The third-order valence-electron chi connectivity index (χ3n) is 16.7. The number of carbonyl (C=O) groups excluding carboxylic acids is 2. The zero-order valence-corrected chi connectivity index (χ0v) is 54.7. The molecule has 2 aliphatic heterocycles. The second kappa shape index (κ2) is 36.9. The monoisotopic (exact) mass is 1240 g/mol. The van der Waals surface area contributed by atoms with Crippen LogP contribution in [-0.4, -0.2) is 34.7 Å². The number of rotatable bonds is 46. The van der Waals surface area contributed by atoms with Crippen molar-refractivity contribution in [1.29, 1.82) is 0 Å². The fraction of sp³-hybridized carbons (Fsp3) is 0.727. The van der Waals surface area contributed by atoms with E-state index in [2.05, 4.69) is 93.6 Å². The number of fused-ring (bicyclic) bond motifs is 3. The van der Waals surface area contributed by atoms with Crippen molar-refractivity contribution in [1.82, 2.24) is 9.80 Å². The fourth-order valence-corrected chi connectivity index (χ4v) is 18.4. The molecule has 6 heterocycles. The molecule has 10 heteroatoms. The van der Waals surface area contributed by atoms with E-state index in [1.807, 2.05) is 0 Å². The van der Waals surface area contributed by atoms with Crippen molar-refractivity contribution in [3.8, 4) is 0 Å². The zero-order valence-electron chi connectivity index (χ0n) is 48.3. The average Bonchev–Trinajstić information content (AvgIpc) is 4.32. The summed E-state index contributed by atoms with van der Waals surface area (Å²) < 4.78 is 7.13. The van der Waals surface area contributed by atoms with Gasteiger partial charge in [0.05, 0.1) is 39.9 Å². The molecule has 0 bridgehead atoms. The summed E-state index contributed by atoms with van der Waals surface area (Å²) in [5.74, 6) is 0.925. The van der Waals surface area contributed by atoms with Crippen molar-refractivity contribution in [3.63, 3.8) is 0 Å². The largest absolute Gasteiger partial charge is 0.306 e. The lowest BCUT2D eigenvalue weighted by Crippen LogP contribution is -2.34. The lowest BCUT2D eigenvalue weighted by atomic mass is 9.93. The summed E-state index contributed by atoms with van der Waals surface area (Å²) in [6.07, 6.45) is 52.2. The van der Waals surface area contributed by atoms with Crippen LogP contribution in [0, 0.1) is 11.8 Å². The molecular weight excluding hydrogens is 1140 g/mol. The highest BCUT2D eigenvalue weighted by molar-refractivity contribution is 9.11. The summed E-state index contributed by atoms with van der Waals surface area (Å²) in [5.41, 5.74) is 3.16. The molecule has 426 valence electrons. The third kappa shape index (κ3) is 20.6. The smallest absolute Gasteiger partial charge is 0.261 e. The highest BCUT2D eigenvalue weighted by Crippen LogP contribution is 2.52. The van der Waals surface area contributed by atoms with E-state index in [1.165, 1.54) is 250 Å². The summed E-state index contributed by atoms with van der Waals surface area (Å²) in [4.78, 5) is 38.2. The first kappa shape index (κ1) is 63.9. The van der Waals surface area contributed by atoms with Crippen LogP contribution in [0.25, 0.3) is 30.2 Å². The van der Waals surface area contributed by atoms with Crippen LogP contribution in [0.15, 0.2) is 43.0 Å². The second-order valence-electron chi connectivity index (χ2n) is 23.3. The van der Waals surface area contributed by atoms with Gasteiger partial charge in [0, 0.05) is 31.9 Å². The van der Waals surface area contributed by atoms with Gasteiger partial charge in [-0.25, -0.2) is 0 Å². The molecule has 2 aliphatic rings. The molecule has 0 aliphatic carbocycles. The van der Waals surface area contributed by atoms with Gasteiger partial charge in [-0.3, -0.25) is 9.59 Å². The molecule has 4 aromatic rings. The van der Waals surface area contributed by atoms with Crippen molar-refractivity contribution >= 4 is 119 Å². The molecule has 0 spiro atoms. The molecule has 6 rings (SSSR count). The first-order chi connectivity index (χ1) is 37.3. The molecule has 0 aromatic carbocycles. The molecular formula is C66H102Br2N2O2S4. The summed E-state index contributed by atoms with van der Waals surface area (Å²) in [6, 6.07) is 9.03. The van der Waals surface area contributed by atoms with Crippen LogP contribution in [0.5, 0.6) is 0 Å². The lowest BCUT2D eigenvalue weighted by Gasteiger charge is -2.29. The van der Waals surface area contributed by atoms with Crippen LogP contribution in [0.1, 0.15) is 294 Å². The highest BCUT2D eigenvalue weighted by atomic mass is 79.9. The predicted octanol–water partition coefficient (Wildman–Crippen LogP) is 24.5. The minimum atomic E-state index is 0.0602. The number of amides is 2. The van der Waals surface area contributed by atoms with E-state index < -0.39 is 0 Å². The fourth-order valence-electron chi connectivity index (χ4n) is 12.2. The number of halogens is 2. The van der Waals surface area contributed by atoms with Crippen LogP contribution in [0.4, 0.5) is 0 Å². The Kier molecular flexibility index (Phi) is 31.0. The van der Waals surface area contributed by atoms with Crippen LogP contribution in [0.2, 0.25) is 0 Å². The van der Waals surface area contributed by atoms with Crippen molar-refractivity contribution in [2.75, 3.05) is 13.1 Å². The van der Waals surface area contributed by atoms with Gasteiger partial charge in [0.15, 0.2) is 0 Å². The Morgan fingerprint density at radius 1 is 0.342 bits per heavy atom. The molecule has 76 heavy (non-hydrogen) atoms. The summed E-state index contributed by atoms with van der Waals surface area (Å²) in [5, 5.41) is 0. The van der Waals surface area contributed by atoms with Gasteiger partial charge in [0.2, 0.25) is 0 Å². The van der Waals surface area contributed by atoms with E-state index in [9.17, 15) is 0 Å². The summed E-state index contributed by atoms with van der Waals surface area (Å²) in [7, 11) is 0. The van der Waals surface area contributed by atoms with Crippen LogP contribution >= 0.6 is 77.2 Å². The molecule has 0 saturated heterocycles. The van der Waals surface area contributed by atoms with Gasteiger partial charge in [0.1, 0.15) is 0 Å². The van der Waals surface area contributed by atoms with Crippen molar-refractivity contribution in [3.05, 3.63) is 52.7 Å². The average molecular weight is 1240 g/mol. The topological polar surface area (TPSA) is 40.6 Å². The molecule has 2 amide bonds. The van der Waals surface area contributed by atoms with Gasteiger partial charge >= 0.3 is 0 Å². The predicted molar refractivity (Wildman–Crippen MR) is 346 cm³/mol. The van der Waals surface area contributed by atoms with E-state index in [-0.39, 0.29) is 11.8 Å². The first-order valence-electron chi connectivity index (χ1n) is 31.8. The van der Waals surface area contributed by atoms with Gasteiger partial charge in [0.25, 0.3) is 11.8 Å². The molecule has 0 radical (unpaired) electrons. The van der Waals surface area contributed by atoms with Gasteiger partial charge in [-0.05, 0) is 93.6 Å². The summed E-state index contributed by atoms with van der Waals surface area (Å²) >= 11 is 14.6. The Hall–Kier alpha value is -1.30. The van der Waals surface area contributed by atoms with E-state index in [0.29, 0.717) is 36.1 Å². The van der Waals surface area contributed by atoms with Crippen molar-refractivity contribution in [2.45, 2.75) is 285 Å². The quantitative estimate of drug-likeness (QED) is 0.0414. The van der Waals surface area contributed by atoms with E-state index in [0.717, 1.165) is 54.4 Å². The summed E-state index contributed by atoms with van der Waals surface area (Å²) in [6.45, 7) is 10.6. The molecule has 4 aromatic heterocycles. The van der Waals surface area contributed by atoms with Crippen molar-refractivity contribution in [2.24, 2.45) is 11.8 Å². The number of hydrogen-bond donors (Lipinski definition) is 0. The van der Waals surface area contributed by atoms with Crippen LogP contribution in [0.3, 0.4) is 0 Å². The number of carbonyl (C=O) groups is 2. The van der Waals surface area contributed by atoms with E-state index >= 15 is 9.59 Å². The minimum absolute atomic E-state index is 0.0602. The first-order valence-corrected chi connectivity index (χ1v) is 36.6. The standard InChI is InChI=1S/C66H102Br2N2O2S4/c1-5-9-13-17-21-25-27-31-35-39-43-51(41-37-33-29-23-19-15-11-7-3)49-69-63(57-45-53-55(73-57)47-59(67)75-53)61-62(65(69)71)64(58-46-54-56(74-58)48-60(68)76-54)70(66(61)72)50-52(42-38-34-30-24-20-16-12-8-4)44-40-36-32-28-26-22-18-14-10-6-2/h45-48,51-52H,5-44,49-50H2,1-4H3. The SMILES string of the molecule is CCCCCCCCCCCCC(CCCCCCCCCC)CN1C(=O)C2=C(c3cc4sc(Br)cc4s3)N(CC(CCCCCCCCCC)CCCCCCCCCCCC)C(=O)C2=C1c1cc2sc(Br)cc2s1. The molecule has 2 atom stereocenters. The zero-order chi connectivity index (χ0) is 53.7. The van der Waals surface area contributed by atoms with Crippen molar-refractivity contribution < 1.29 is 9.59 Å². The molecule has 0 N–H and O–H groups in total. The Balaban J connectivity index is 1.28. The Bertz CT molecular complexity index is 2110. The maximum absolute atomic E-state index is 15.9. The minimum Gasteiger partial charge on any atom is -0.306 e.